The van der Waals surface area contributed by atoms with Gasteiger partial charge in [0.1, 0.15) is 12.4 Å². The number of esters is 1. The molecule has 4 heterocycles. The molecule has 0 N–H and O–H groups in total. The standard InChI is InChI=1S/C27H38O8/c1-17-5-11-22-18(2)24(32-25-27(22)21(17)13-14-26(3,33-25)34-35-27)31-16-15-30-20-9-6-19(7-10-20)8-12-23(28)29-4/h6-7,9-10,17-18,21-22,24-25H,5,8,11-16H2,1-4H3/t17-,18-,21?,22+,24+,25-,26-,27-/m1/s1. The minimum absolute atomic E-state index is 0.144. The zero-order valence-electron chi connectivity index (χ0n) is 21.2. The van der Waals surface area contributed by atoms with Crippen molar-refractivity contribution in [1.82, 2.24) is 0 Å². The lowest BCUT2D eigenvalue weighted by molar-refractivity contribution is -0.577. The van der Waals surface area contributed by atoms with E-state index in [9.17, 15) is 4.79 Å². The van der Waals surface area contributed by atoms with Crippen LogP contribution in [0.5, 0.6) is 5.75 Å². The van der Waals surface area contributed by atoms with Gasteiger partial charge in [-0.2, -0.15) is 0 Å². The molecule has 8 heteroatoms. The largest absolute Gasteiger partial charge is 0.491 e. The molecule has 1 unspecified atom stereocenters. The van der Waals surface area contributed by atoms with Crippen molar-refractivity contribution < 1.29 is 38.3 Å². The number of hydrogen-bond donors (Lipinski definition) is 0. The van der Waals surface area contributed by atoms with Gasteiger partial charge < -0.3 is 23.7 Å². The summed E-state index contributed by atoms with van der Waals surface area (Å²) in [6.45, 7) is 7.24. The van der Waals surface area contributed by atoms with E-state index in [4.69, 9.17) is 33.5 Å². The van der Waals surface area contributed by atoms with Crippen molar-refractivity contribution in [2.24, 2.45) is 23.7 Å². The number of benzene rings is 1. The molecule has 8 atom stereocenters. The summed E-state index contributed by atoms with van der Waals surface area (Å²) in [6, 6.07) is 7.75. The van der Waals surface area contributed by atoms with Gasteiger partial charge in [0.15, 0.2) is 18.2 Å². The fourth-order valence-electron chi connectivity index (χ4n) is 6.49. The van der Waals surface area contributed by atoms with Gasteiger partial charge >= 0.3 is 5.97 Å². The predicted octanol–water partition coefficient (Wildman–Crippen LogP) is 4.40. The molecule has 0 aromatic heterocycles. The van der Waals surface area contributed by atoms with Gasteiger partial charge in [-0.05, 0) is 62.1 Å². The maximum atomic E-state index is 11.3. The highest BCUT2D eigenvalue weighted by molar-refractivity contribution is 5.69. The second kappa shape index (κ2) is 9.98. The van der Waals surface area contributed by atoms with E-state index < -0.39 is 17.7 Å². The van der Waals surface area contributed by atoms with Crippen LogP contribution in [0, 0.1) is 23.7 Å². The van der Waals surface area contributed by atoms with Gasteiger partial charge in [0.25, 0.3) is 0 Å². The van der Waals surface area contributed by atoms with Crippen LogP contribution in [-0.4, -0.2) is 50.3 Å². The monoisotopic (exact) mass is 490 g/mol. The van der Waals surface area contributed by atoms with Crippen molar-refractivity contribution in [2.45, 2.75) is 83.3 Å². The molecule has 1 aliphatic carbocycles. The Labute approximate surface area is 207 Å². The highest BCUT2D eigenvalue weighted by atomic mass is 17.3. The van der Waals surface area contributed by atoms with Crippen molar-refractivity contribution in [3.8, 4) is 5.75 Å². The molecule has 1 spiro atoms. The van der Waals surface area contributed by atoms with Crippen LogP contribution in [0.15, 0.2) is 24.3 Å². The van der Waals surface area contributed by atoms with E-state index in [-0.39, 0.29) is 24.1 Å². The molecule has 4 saturated heterocycles. The lowest BCUT2D eigenvalue weighted by Crippen LogP contribution is -2.70. The Bertz CT molecular complexity index is 890. The zero-order valence-corrected chi connectivity index (χ0v) is 21.2. The maximum Gasteiger partial charge on any atom is 0.305 e. The van der Waals surface area contributed by atoms with Gasteiger partial charge in [-0.1, -0.05) is 26.0 Å². The lowest BCUT2D eigenvalue weighted by atomic mass is 9.58. The van der Waals surface area contributed by atoms with E-state index in [0.29, 0.717) is 37.9 Å². The van der Waals surface area contributed by atoms with Crippen LogP contribution in [0.1, 0.15) is 58.4 Å². The summed E-state index contributed by atoms with van der Waals surface area (Å²) in [5.74, 6) is 1.04. The van der Waals surface area contributed by atoms with Crippen LogP contribution in [0.2, 0.25) is 0 Å². The first-order valence-electron chi connectivity index (χ1n) is 12.9. The van der Waals surface area contributed by atoms with Crippen molar-refractivity contribution in [3.05, 3.63) is 29.8 Å². The summed E-state index contributed by atoms with van der Waals surface area (Å²) >= 11 is 0. The number of ether oxygens (including phenoxy) is 5. The van der Waals surface area contributed by atoms with Gasteiger partial charge in [0.2, 0.25) is 5.79 Å². The molecule has 0 amide bonds. The van der Waals surface area contributed by atoms with Gasteiger partial charge in [-0.3, -0.25) is 4.79 Å². The number of rotatable bonds is 8. The molecular formula is C27H38O8. The van der Waals surface area contributed by atoms with E-state index in [1.165, 1.54) is 13.5 Å². The van der Waals surface area contributed by atoms with E-state index in [2.05, 4.69) is 13.8 Å². The van der Waals surface area contributed by atoms with E-state index >= 15 is 0 Å². The van der Waals surface area contributed by atoms with Gasteiger partial charge in [-0.25, -0.2) is 9.78 Å². The molecule has 0 radical (unpaired) electrons. The molecule has 5 aliphatic rings. The third-order valence-electron chi connectivity index (χ3n) is 8.50. The minimum atomic E-state index is -0.783. The molecule has 1 aromatic rings. The molecule has 4 aliphatic heterocycles. The smallest absolute Gasteiger partial charge is 0.305 e. The Kier molecular flexibility index (Phi) is 7.12. The second-order valence-electron chi connectivity index (χ2n) is 10.7. The quantitative estimate of drug-likeness (QED) is 0.301. The van der Waals surface area contributed by atoms with E-state index in [0.717, 1.165) is 30.6 Å². The minimum Gasteiger partial charge on any atom is -0.491 e. The highest BCUT2D eigenvalue weighted by Gasteiger charge is 2.69. The number of carbonyl (C=O) groups is 1. The SMILES string of the molecule is COC(=O)CCc1ccc(OCCO[C@H]2O[C@@H]3O[C@@]4(C)CCC5[C@H](C)CC[C@@H]([C@H]2C)[C@]53OO4)cc1. The van der Waals surface area contributed by atoms with Crippen LogP contribution >= 0.6 is 0 Å². The zero-order chi connectivity index (χ0) is 24.6. The number of carbonyl (C=O) groups excluding carboxylic acids is 1. The molecule has 35 heavy (non-hydrogen) atoms. The van der Waals surface area contributed by atoms with Crippen LogP contribution in [0.4, 0.5) is 0 Å². The van der Waals surface area contributed by atoms with Gasteiger partial charge in [0.05, 0.1) is 13.7 Å². The number of methoxy groups -OCH3 is 1. The van der Waals surface area contributed by atoms with Crippen LogP contribution in [0.25, 0.3) is 0 Å². The number of fused-ring (bicyclic) bond motifs is 2. The fraction of sp³-hybridized carbons (Fsp3) is 0.741. The Morgan fingerprint density at radius 3 is 2.63 bits per heavy atom. The Hall–Kier alpha value is -1.71. The number of hydrogen-bond acceptors (Lipinski definition) is 8. The molecule has 8 nitrogen and oxygen atoms in total. The van der Waals surface area contributed by atoms with Crippen LogP contribution in [0.3, 0.4) is 0 Å². The summed E-state index contributed by atoms with van der Waals surface area (Å²) in [5.41, 5.74) is 0.494. The Balaban J connectivity index is 1.16. The third kappa shape index (κ3) is 4.71. The van der Waals surface area contributed by atoms with Crippen LogP contribution in [-0.2, 0) is 39.9 Å². The highest BCUT2D eigenvalue weighted by Crippen LogP contribution is 2.60. The molecule has 6 rings (SSSR count). The first-order chi connectivity index (χ1) is 16.8. The topological polar surface area (TPSA) is 81.7 Å². The normalized spacial score (nSPS) is 40.0. The average Bonchev–Trinajstić information content (AvgIpc) is 3.09. The summed E-state index contributed by atoms with van der Waals surface area (Å²) in [7, 11) is 1.40. The van der Waals surface area contributed by atoms with Gasteiger partial charge in [0, 0.05) is 24.7 Å². The molecule has 1 aromatic carbocycles. The first kappa shape index (κ1) is 25.0. The summed E-state index contributed by atoms with van der Waals surface area (Å²) in [6.07, 6.45) is 4.15. The predicted molar refractivity (Wildman–Crippen MR) is 125 cm³/mol. The van der Waals surface area contributed by atoms with Crippen molar-refractivity contribution in [2.75, 3.05) is 20.3 Å². The molecule has 194 valence electrons. The Morgan fingerprint density at radius 2 is 1.86 bits per heavy atom. The lowest BCUT2D eigenvalue weighted by Gasteiger charge is -2.60. The van der Waals surface area contributed by atoms with Crippen molar-refractivity contribution in [3.63, 3.8) is 0 Å². The van der Waals surface area contributed by atoms with E-state index in [1.54, 1.807) is 0 Å². The third-order valence-corrected chi connectivity index (χ3v) is 8.50. The summed E-state index contributed by atoms with van der Waals surface area (Å²) < 4.78 is 29.6. The van der Waals surface area contributed by atoms with Gasteiger partial charge in [-0.15, -0.1) is 0 Å². The molecular weight excluding hydrogens is 452 g/mol. The maximum absolute atomic E-state index is 11.3. The molecule has 1 saturated carbocycles. The molecule has 2 bridgehead atoms. The second-order valence-corrected chi connectivity index (χ2v) is 10.7. The average molecular weight is 491 g/mol. The van der Waals surface area contributed by atoms with Crippen molar-refractivity contribution in [1.29, 1.82) is 0 Å². The van der Waals surface area contributed by atoms with Crippen LogP contribution < -0.4 is 4.74 Å². The van der Waals surface area contributed by atoms with E-state index in [1.807, 2.05) is 31.2 Å². The first-order valence-corrected chi connectivity index (χ1v) is 12.9. The van der Waals surface area contributed by atoms with Crippen molar-refractivity contribution >= 4 is 5.97 Å². The Morgan fingerprint density at radius 1 is 1.06 bits per heavy atom. The summed E-state index contributed by atoms with van der Waals surface area (Å²) in [4.78, 5) is 23.4. The summed E-state index contributed by atoms with van der Waals surface area (Å²) in [5, 5.41) is 0. The fourth-order valence-corrected chi connectivity index (χ4v) is 6.49. The molecule has 5 fully saturated rings. The number of aryl methyl sites for hydroxylation is 1.